The average Bonchev–Trinajstić information content (AvgIpc) is 3.06. The zero-order valence-electron chi connectivity index (χ0n) is 11.2. The summed E-state index contributed by atoms with van der Waals surface area (Å²) >= 11 is 0. The van der Waals surface area contributed by atoms with E-state index in [1.807, 2.05) is 0 Å². The van der Waals surface area contributed by atoms with E-state index in [-0.39, 0.29) is 6.04 Å². The molecule has 1 heterocycles. The van der Waals surface area contributed by atoms with E-state index in [1.54, 1.807) is 0 Å². The Morgan fingerprint density at radius 3 is 2.43 bits per heavy atom. The van der Waals surface area contributed by atoms with Crippen LogP contribution in [0.25, 0.3) is 0 Å². The van der Waals surface area contributed by atoms with Crippen LogP contribution in [0.5, 0.6) is 0 Å². The highest BCUT2D eigenvalue weighted by molar-refractivity contribution is 7.89. The predicted octanol–water partition coefficient (Wildman–Crippen LogP) is 0.396. The molecular formula is C12H16N2O6S. The first-order chi connectivity index (χ1) is 9.82. The van der Waals surface area contributed by atoms with Crippen molar-refractivity contribution < 1.29 is 27.5 Å². The molecule has 0 radical (unpaired) electrons. The highest BCUT2D eigenvalue weighted by atomic mass is 32.2. The molecule has 0 saturated heterocycles. The molecule has 0 aromatic carbocycles. The number of amides is 1. The zero-order valence-corrected chi connectivity index (χ0v) is 12.0. The Hall–Kier alpha value is -1.87. The Morgan fingerprint density at radius 2 is 1.95 bits per heavy atom. The van der Waals surface area contributed by atoms with Gasteiger partial charge in [0.1, 0.15) is 0 Å². The van der Waals surface area contributed by atoms with Crippen LogP contribution in [0, 0.1) is 0 Å². The van der Waals surface area contributed by atoms with Crippen molar-refractivity contribution in [3.63, 3.8) is 0 Å². The number of furan rings is 1. The van der Waals surface area contributed by atoms with E-state index in [2.05, 4.69) is 0 Å². The second kappa shape index (κ2) is 5.86. The second-order valence-corrected chi connectivity index (χ2v) is 6.70. The van der Waals surface area contributed by atoms with E-state index >= 15 is 0 Å². The lowest BCUT2D eigenvalue weighted by atomic mass is 10.2. The first-order valence-corrected chi connectivity index (χ1v) is 7.89. The molecule has 2 rings (SSSR count). The highest BCUT2D eigenvalue weighted by Gasteiger charge is 2.36. The van der Waals surface area contributed by atoms with Gasteiger partial charge in [0.05, 0.1) is 6.54 Å². The second-order valence-electron chi connectivity index (χ2n) is 4.88. The topological polar surface area (TPSA) is 131 Å². The molecule has 1 fully saturated rings. The Labute approximate surface area is 121 Å². The van der Waals surface area contributed by atoms with Crippen molar-refractivity contribution in [1.29, 1.82) is 0 Å². The van der Waals surface area contributed by atoms with E-state index in [0.29, 0.717) is 12.8 Å². The molecule has 0 aliphatic heterocycles. The third kappa shape index (κ3) is 3.24. The number of aromatic carboxylic acids is 1. The van der Waals surface area contributed by atoms with Crippen molar-refractivity contribution in [2.24, 2.45) is 5.73 Å². The fraction of sp³-hybridized carbons (Fsp3) is 0.500. The third-order valence-corrected chi connectivity index (χ3v) is 5.17. The molecule has 8 nitrogen and oxygen atoms in total. The molecule has 1 amide bonds. The van der Waals surface area contributed by atoms with E-state index in [1.165, 1.54) is 0 Å². The molecule has 1 aromatic heterocycles. The third-order valence-electron chi connectivity index (χ3n) is 3.40. The van der Waals surface area contributed by atoms with Crippen molar-refractivity contribution in [2.45, 2.75) is 36.8 Å². The largest absolute Gasteiger partial charge is 0.475 e. The predicted molar refractivity (Wildman–Crippen MR) is 71.0 cm³/mol. The normalized spacial score (nSPS) is 16.4. The molecule has 21 heavy (non-hydrogen) atoms. The molecule has 9 heteroatoms. The van der Waals surface area contributed by atoms with Gasteiger partial charge in [-0.05, 0) is 25.0 Å². The van der Waals surface area contributed by atoms with Gasteiger partial charge in [0.25, 0.3) is 10.0 Å². The number of hydrogen-bond donors (Lipinski definition) is 2. The number of sulfonamides is 1. The molecule has 1 aromatic rings. The van der Waals surface area contributed by atoms with Gasteiger partial charge in [-0.15, -0.1) is 0 Å². The fourth-order valence-corrected chi connectivity index (χ4v) is 4.01. The Balaban J connectivity index is 2.35. The van der Waals surface area contributed by atoms with Gasteiger partial charge in [0.2, 0.25) is 16.8 Å². The van der Waals surface area contributed by atoms with Gasteiger partial charge in [-0.2, -0.15) is 4.31 Å². The first kappa shape index (κ1) is 15.5. The summed E-state index contributed by atoms with van der Waals surface area (Å²) in [5, 5.41) is 8.29. The van der Waals surface area contributed by atoms with Gasteiger partial charge in [-0.3, -0.25) is 4.79 Å². The van der Waals surface area contributed by atoms with E-state index in [9.17, 15) is 18.0 Å². The maximum Gasteiger partial charge on any atom is 0.371 e. The van der Waals surface area contributed by atoms with Crippen LogP contribution in [-0.4, -0.2) is 42.3 Å². The van der Waals surface area contributed by atoms with Crippen LogP contribution >= 0.6 is 0 Å². The van der Waals surface area contributed by atoms with E-state index in [0.717, 1.165) is 29.3 Å². The number of carbonyl (C=O) groups is 2. The summed E-state index contributed by atoms with van der Waals surface area (Å²) < 4.78 is 30.9. The smallest absolute Gasteiger partial charge is 0.371 e. The quantitative estimate of drug-likeness (QED) is 0.780. The van der Waals surface area contributed by atoms with Gasteiger partial charge in [-0.1, -0.05) is 12.8 Å². The minimum atomic E-state index is -4.09. The number of nitrogens with zero attached hydrogens (tertiary/aromatic N) is 1. The van der Waals surface area contributed by atoms with Crippen LogP contribution in [0.1, 0.15) is 36.2 Å². The van der Waals surface area contributed by atoms with E-state index in [4.69, 9.17) is 15.3 Å². The van der Waals surface area contributed by atoms with Crippen LogP contribution in [0.15, 0.2) is 21.6 Å². The fourth-order valence-electron chi connectivity index (χ4n) is 2.45. The van der Waals surface area contributed by atoms with Crippen molar-refractivity contribution in [2.75, 3.05) is 6.54 Å². The van der Waals surface area contributed by atoms with Gasteiger partial charge < -0.3 is 15.3 Å². The van der Waals surface area contributed by atoms with Crippen LogP contribution in [0.4, 0.5) is 0 Å². The van der Waals surface area contributed by atoms with E-state index < -0.39 is 39.3 Å². The molecule has 1 aliphatic carbocycles. The SMILES string of the molecule is NC(=O)CN(C1CCCC1)S(=O)(=O)c1ccc(C(=O)O)o1. The number of carboxylic acid groups (broad SMARTS) is 1. The maximum atomic E-state index is 12.5. The molecule has 116 valence electrons. The van der Waals surface area contributed by atoms with Crippen molar-refractivity contribution in [3.05, 3.63) is 17.9 Å². The number of carboxylic acids is 1. The molecule has 3 N–H and O–H groups in total. The molecule has 0 atom stereocenters. The number of rotatable bonds is 6. The average molecular weight is 316 g/mol. The number of primary amides is 1. The van der Waals surface area contributed by atoms with Crippen molar-refractivity contribution >= 4 is 21.9 Å². The highest BCUT2D eigenvalue weighted by Crippen LogP contribution is 2.29. The Kier molecular flexibility index (Phi) is 4.33. The summed E-state index contributed by atoms with van der Waals surface area (Å²) in [5.74, 6) is -2.60. The van der Waals surface area contributed by atoms with Gasteiger partial charge >= 0.3 is 5.97 Å². The Morgan fingerprint density at radius 1 is 1.33 bits per heavy atom. The zero-order chi connectivity index (χ0) is 15.6. The molecule has 0 bridgehead atoms. The standard InChI is InChI=1S/C12H16N2O6S/c13-10(15)7-14(8-3-1-2-4-8)21(18,19)11-6-5-9(20-11)12(16)17/h5-6,8H,1-4,7H2,(H2,13,15)(H,16,17). The molecular weight excluding hydrogens is 300 g/mol. The first-order valence-electron chi connectivity index (χ1n) is 6.45. The molecule has 0 unspecified atom stereocenters. The van der Waals surface area contributed by atoms with Crippen LogP contribution in [0.2, 0.25) is 0 Å². The molecule has 1 aliphatic rings. The van der Waals surface area contributed by atoms with Gasteiger partial charge in [0, 0.05) is 6.04 Å². The van der Waals surface area contributed by atoms with Crippen LogP contribution in [-0.2, 0) is 14.8 Å². The van der Waals surface area contributed by atoms with Crippen molar-refractivity contribution in [1.82, 2.24) is 4.31 Å². The number of nitrogens with two attached hydrogens (primary N) is 1. The number of hydrogen-bond acceptors (Lipinski definition) is 5. The maximum absolute atomic E-state index is 12.5. The summed E-state index contributed by atoms with van der Waals surface area (Å²) in [5.41, 5.74) is 5.12. The molecule has 0 spiro atoms. The van der Waals surface area contributed by atoms with Crippen molar-refractivity contribution in [3.8, 4) is 0 Å². The summed E-state index contributed by atoms with van der Waals surface area (Å²) in [6.07, 6.45) is 3.01. The lowest BCUT2D eigenvalue weighted by Gasteiger charge is -2.25. The lowest BCUT2D eigenvalue weighted by Crippen LogP contribution is -2.43. The summed E-state index contributed by atoms with van der Waals surface area (Å²) in [7, 11) is -4.09. The van der Waals surface area contributed by atoms with Crippen LogP contribution in [0.3, 0.4) is 0 Å². The summed E-state index contributed by atoms with van der Waals surface area (Å²) in [6.45, 7) is -0.448. The number of carbonyl (C=O) groups excluding carboxylic acids is 1. The summed E-state index contributed by atoms with van der Waals surface area (Å²) in [6, 6.07) is 1.81. The van der Waals surface area contributed by atoms with Gasteiger partial charge in [0.15, 0.2) is 0 Å². The lowest BCUT2D eigenvalue weighted by molar-refractivity contribution is -0.118. The molecule has 1 saturated carbocycles. The Bertz CT molecular complexity index is 644. The minimum Gasteiger partial charge on any atom is -0.475 e. The minimum absolute atomic E-state index is 0.319. The van der Waals surface area contributed by atoms with Crippen LogP contribution < -0.4 is 5.73 Å². The van der Waals surface area contributed by atoms with Gasteiger partial charge in [-0.25, -0.2) is 13.2 Å². The monoisotopic (exact) mass is 316 g/mol. The summed E-state index contributed by atoms with van der Waals surface area (Å²) in [4.78, 5) is 21.9.